The Balaban J connectivity index is 0.00000288. The van der Waals surface area contributed by atoms with Crippen LogP contribution in [0.25, 0.3) is 0 Å². The van der Waals surface area contributed by atoms with Crippen LogP contribution in [0, 0.1) is 11.8 Å². The molecule has 8 heteroatoms. The molecular weight excluding hydrogens is 334 g/mol. The van der Waals surface area contributed by atoms with Gasteiger partial charge in [0.2, 0.25) is 11.8 Å². The van der Waals surface area contributed by atoms with Gasteiger partial charge in [-0.2, -0.15) is 0 Å². The average Bonchev–Trinajstić information content (AvgIpc) is 3.05. The van der Waals surface area contributed by atoms with Crippen molar-refractivity contribution in [2.75, 3.05) is 19.6 Å². The lowest BCUT2D eigenvalue weighted by molar-refractivity contribution is -0.144. The molecule has 3 N–H and O–H groups in total. The number of aliphatic carboxylic acids is 1. The Bertz CT molecular complexity index is 458. The molecule has 2 amide bonds. The number of hydrogen-bond donors (Lipinski definition) is 3. The summed E-state index contributed by atoms with van der Waals surface area (Å²) in [5.41, 5.74) is 0. The zero-order valence-electron chi connectivity index (χ0n) is 14.3. The Morgan fingerprint density at radius 2 is 1.79 bits per heavy atom. The highest BCUT2D eigenvalue weighted by Gasteiger charge is 2.33. The molecule has 138 valence electrons. The van der Waals surface area contributed by atoms with E-state index in [2.05, 4.69) is 10.6 Å². The van der Waals surface area contributed by atoms with Crippen molar-refractivity contribution in [3.8, 4) is 0 Å². The van der Waals surface area contributed by atoms with Gasteiger partial charge in [0.05, 0.1) is 6.04 Å². The number of hydrogen-bond acceptors (Lipinski definition) is 4. The normalized spacial score (nSPS) is 22.8. The van der Waals surface area contributed by atoms with Crippen LogP contribution in [0.4, 0.5) is 0 Å². The number of carboxylic acids is 1. The molecule has 0 aromatic carbocycles. The number of likely N-dealkylation sites (tertiary alicyclic amines) is 1. The second-order valence-corrected chi connectivity index (χ2v) is 6.82. The zero-order chi connectivity index (χ0) is 17.0. The topological polar surface area (TPSA) is 98.7 Å². The Labute approximate surface area is 148 Å². The molecule has 0 aromatic rings. The standard InChI is InChI=1S/C16H27N3O4.ClH/c1-10(2)13(16(22)23)18-14(20)11-5-8-19(9-6-11)15(21)12-4-3-7-17-12;/h10-13,17H,3-9H2,1-2H3,(H,18,20)(H,22,23);1H/t12-,13+;/m0./s1. The van der Waals surface area contributed by atoms with Crippen LogP contribution in [0.15, 0.2) is 0 Å². The first-order valence-corrected chi connectivity index (χ1v) is 8.45. The molecule has 7 nitrogen and oxygen atoms in total. The zero-order valence-corrected chi connectivity index (χ0v) is 15.1. The number of amides is 2. The molecule has 24 heavy (non-hydrogen) atoms. The van der Waals surface area contributed by atoms with Gasteiger partial charge >= 0.3 is 5.97 Å². The van der Waals surface area contributed by atoms with Gasteiger partial charge in [0.25, 0.3) is 0 Å². The molecule has 2 saturated heterocycles. The van der Waals surface area contributed by atoms with Gasteiger partial charge in [0.15, 0.2) is 0 Å². The van der Waals surface area contributed by atoms with Crippen LogP contribution in [0.3, 0.4) is 0 Å². The van der Waals surface area contributed by atoms with Crippen molar-refractivity contribution >= 4 is 30.2 Å². The van der Waals surface area contributed by atoms with Gasteiger partial charge in [-0.15, -0.1) is 12.4 Å². The summed E-state index contributed by atoms with van der Waals surface area (Å²) in [6, 6.07) is -0.928. The van der Waals surface area contributed by atoms with E-state index in [4.69, 9.17) is 5.11 Å². The summed E-state index contributed by atoms with van der Waals surface area (Å²) in [6.45, 7) is 5.56. The Morgan fingerprint density at radius 1 is 1.17 bits per heavy atom. The predicted molar refractivity (Wildman–Crippen MR) is 92.0 cm³/mol. The fraction of sp³-hybridized carbons (Fsp3) is 0.812. The summed E-state index contributed by atoms with van der Waals surface area (Å²) < 4.78 is 0. The Hall–Kier alpha value is -1.34. The second-order valence-electron chi connectivity index (χ2n) is 6.82. The molecule has 0 spiro atoms. The van der Waals surface area contributed by atoms with E-state index in [0.29, 0.717) is 25.9 Å². The van der Waals surface area contributed by atoms with Crippen LogP contribution in [0.5, 0.6) is 0 Å². The molecule has 0 saturated carbocycles. The van der Waals surface area contributed by atoms with Crippen molar-refractivity contribution in [1.29, 1.82) is 0 Å². The lowest BCUT2D eigenvalue weighted by atomic mass is 9.94. The highest BCUT2D eigenvalue weighted by molar-refractivity contribution is 5.86. The summed E-state index contributed by atoms with van der Waals surface area (Å²) >= 11 is 0. The van der Waals surface area contributed by atoms with Crippen LogP contribution >= 0.6 is 12.4 Å². The molecule has 0 aromatic heterocycles. The third kappa shape index (κ3) is 5.08. The van der Waals surface area contributed by atoms with Crippen molar-refractivity contribution < 1.29 is 19.5 Å². The maximum Gasteiger partial charge on any atom is 0.326 e. The molecule has 2 atom stereocenters. The van der Waals surface area contributed by atoms with Gasteiger partial charge in [0, 0.05) is 19.0 Å². The number of nitrogens with zero attached hydrogens (tertiary/aromatic N) is 1. The predicted octanol–water partition coefficient (Wildman–Crippen LogP) is 0.624. The minimum absolute atomic E-state index is 0. The lowest BCUT2D eigenvalue weighted by Gasteiger charge is -2.33. The molecule has 2 aliphatic heterocycles. The van der Waals surface area contributed by atoms with Gasteiger partial charge in [0.1, 0.15) is 6.04 Å². The molecule has 2 fully saturated rings. The number of piperidine rings is 1. The largest absolute Gasteiger partial charge is 0.480 e. The smallest absolute Gasteiger partial charge is 0.326 e. The molecule has 2 aliphatic rings. The summed E-state index contributed by atoms with van der Waals surface area (Å²) in [6.07, 6.45) is 3.10. The van der Waals surface area contributed by atoms with Crippen molar-refractivity contribution in [3.63, 3.8) is 0 Å². The fourth-order valence-electron chi connectivity index (χ4n) is 3.26. The van der Waals surface area contributed by atoms with Crippen molar-refractivity contribution in [2.24, 2.45) is 11.8 Å². The quantitative estimate of drug-likeness (QED) is 0.667. The van der Waals surface area contributed by atoms with Crippen LogP contribution in [-0.2, 0) is 14.4 Å². The number of nitrogens with one attached hydrogen (secondary N) is 2. The van der Waals surface area contributed by atoms with E-state index in [9.17, 15) is 14.4 Å². The molecule has 0 bridgehead atoms. The van der Waals surface area contributed by atoms with E-state index in [1.54, 1.807) is 13.8 Å². The van der Waals surface area contributed by atoms with Crippen LogP contribution < -0.4 is 10.6 Å². The van der Waals surface area contributed by atoms with E-state index in [0.717, 1.165) is 19.4 Å². The first-order valence-electron chi connectivity index (χ1n) is 8.45. The maximum atomic E-state index is 12.3. The summed E-state index contributed by atoms with van der Waals surface area (Å²) in [5.74, 6) is -1.46. The summed E-state index contributed by atoms with van der Waals surface area (Å²) in [5, 5.41) is 15.0. The van der Waals surface area contributed by atoms with Gasteiger partial charge in [-0.3, -0.25) is 9.59 Å². The van der Waals surface area contributed by atoms with Crippen molar-refractivity contribution in [2.45, 2.75) is 51.6 Å². The highest BCUT2D eigenvalue weighted by atomic mass is 35.5. The minimum Gasteiger partial charge on any atom is -0.480 e. The van der Waals surface area contributed by atoms with E-state index < -0.39 is 12.0 Å². The van der Waals surface area contributed by atoms with E-state index in [1.807, 2.05) is 4.90 Å². The highest BCUT2D eigenvalue weighted by Crippen LogP contribution is 2.20. The number of carboxylic acid groups (broad SMARTS) is 1. The third-order valence-electron chi connectivity index (χ3n) is 4.77. The van der Waals surface area contributed by atoms with Gasteiger partial charge in [-0.25, -0.2) is 4.79 Å². The number of rotatable bonds is 5. The maximum absolute atomic E-state index is 12.3. The second kappa shape index (κ2) is 9.22. The summed E-state index contributed by atoms with van der Waals surface area (Å²) in [7, 11) is 0. The van der Waals surface area contributed by atoms with E-state index in [1.165, 1.54) is 0 Å². The molecule has 2 rings (SSSR count). The molecule has 0 aliphatic carbocycles. The van der Waals surface area contributed by atoms with Crippen LogP contribution in [0.2, 0.25) is 0 Å². The first kappa shape index (κ1) is 20.7. The minimum atomic E-state index is -1.01. The van der Waals surface area contributed by atoms with Gasteiger partial charge in [-0.1, -0.05) is 13.8 Å². The SMILES string of the molecule is CC(C)[C@@H](NC(=O)C1CCN(C(=O)[C@@H]2CCCN2)CC1)C(=O)O.Cl. The fourth-order valence-corrected chi connectivity index (χ4v) is 3.26. The Kier molecular flexibility index (Phi) is 7.96. The average molecular weight is 362 g/mol. The molecular formula is C16H28ClN3O4. The van der Waals surface area contributed by atoms with Crippen molar-refractivity contribution in [1.82, 2.24) is 15.5 Å². The van der Waals surface area contributed by atoms with Gasteiger partial charge < -0.3 is 20.6 Å². The lowest BCUT2D eigenvalue weighted by Crippen LogP contribution is -2.51. The molecule has 0 unspecified atom stereocenters. The third-order valence-corrected chi connectivity index (χ3v) is 4.77. The first-order chi connectivity index (χ1) is 10.9. The van der Waals surface area contributed by atoms with E-state index in [-0.39, 0.29) is 42.1 Å². The summed E-state index contributed by atoms with van der Waals surface area (Å²) in [4.78, 5) is 37.6. The Morgan fingerprint density at radius 3 is 2.25 bits per heavy atom. The number of carbonyl (C=O) groups is 3. The number of halogens is 1. The van der Waals surface area contributed by atoms with Crippen LogP contribution in [-0.4, -0.2) is 59.5 Å². The van der Waals surface area contributed by atoms with Crippen LogP contribution in [0.1, 0.15) is 39.5 Å². The van der Waals surface area contributed by atoms with Gasteiger partial charge in [-0.05, 0) is 38.1 Å². The molecule has 0 radical (unpaired) electrons. The monoisotopic (exact) mass is 361 g/mol. The molecule has 2 heterocycles. The number of carbonyl (C=O) groups excluding carboxylic acids is 2. The van der Waals surface area contributed by atoms with E-state index >= 15 is 0 Å². The van der Waals surface area contributed by atoms with Crippen molar-refractivity contribution in [3.05, 3.63) is 0 Å².